The molecule has 0 fully saturated rings. The fourth-order valence-corrected chi connectivity index (χ4v) is 1.46. The third-order valence-corrected chi connectivity index (χ3v) is 2.78. The Kier molecular flexibility index (Phi) is 5.03. The zero-order valence-corrected chi connectivity index (χ0v) is 10.4. The fraction of sp³-hybridized carbons (Fsp3) is 0.500. The quantitative estimate of drug-likeness (QED) is 0.810. The van der Waals surface area contributed by atoms with E-state index in [1.54, 1.807) is 0 Å². The molecule has 0 spiro atoms. The van der Waals surface area contributed by atoms with E-state index in [4.69, 9.17) is 0 Å². The van der Waals surface area contributed by atoms with Gasteiger partial charge in [-0.25, -0.2) is 0 Å². The Labute approximate surface area is 98.1 Å². The van der Waals surface area contributed by atoms with E-state index >= 15 is 0 Å². The fourth-order valence-electron chi connectivity index (χ4n) is 1.46. The molecule has 0 bridgehead atoms. The Morgan fingerprint density at radius 1 is 1.31 bits per heavy atom. The Morgan fingerprint density at radius 2 is 1.94 bits per heavy atom. The highest BCUT2D eigenvalue weighted by Crippen LogP contribution is 2.05. The van der Waals surface area contributed by atoms with Gasteiger partial charge < -0.3 is 5.32 Å². The van der Waals surface area contributed by atoms with Crippen LogP contribution in [0.1, 0.15) is 37.8 Å². The highest BCUT2D eigenvalue weighted by atomic mass is 16.1. The molecular weight excluding hydrogens is 198 g/mol. The molecule has 0 saturated heterocycles. The number of benzene rings is 1. The standard InChI is InChI=1S/C14H21NO/c1-4-12(3)15-14(16)10-9-13-7-5-11(2)6-8-13/h5-8,12H,4,9-10H2,1-3H3,(H,15,16)/t12-/m1/s1. The summed E-state index contributed by atoms with van der Waals surface area (Å²) >= 11 is 0. The summed E-state index contributed by atoms with van der Waals surface area (Å²) in [5, 5.41) is 2.97. The normalized spacial score (nSPS) is 12.2. The highest BCUT2D eigenvalue weighted by Gasteiger charge is 2.05. The minimum absolute atomic E-state index is 0.148. The van der Waals surface area contributed by atoms with Crippen LogP contribution < -0.4 is 5.32 Å². The molecule has 1 aromatic rings. The van der Waals surface area contributed by atoms with Gasteiger partial charge in [-0.1, -0.05) is 36.8 Å². The monoisotopic (exact) mass is 219 g/mol. The van der Waals surface area contributed by atoms with Gasteiger partial charge in [0.1, 0.15) is 0 Å². The molecule has 2 heteroatoms. The maximum absolute atomic E-state index is 11.5. The lowest BCUT2D eigenvalue weighted by molar-refractivity contribution is -0.121. The number of carbonyl (C=O) groups is 1. The zero-order chi connectivity index (χ0) is 12.0. The zero-order valence-electron chi connectivity index (χ0n) is 10.4. The first-order chi connectivity index (χ1) is 7.61. The molecule has 0 aliphatic carbocycles. The molecule has 88 valence electrons. The van der Waals surface area contributed by atoms with E-state index in [0.29, 0.717) is 6.42 Å². The summed E-state index contributed by atoms with van der Waals surface area (Å²) in [6.45, 7) is 6.17. The van der Waals surface area contributed by atoms with Crippen molar-refractivity contribution >= 4 is 5.91 Å². The Morgan fingerprint density at radius 3 is 2.50 bits per heavy atom. The average Bonchev–Trinajstić information content (AvgIpc) is 2.28. The van der Waals surface area contributed by atoms with E-state index in [1.165, 1.54) is 11.1 Å². The minimum Gasteiger partial charge on any atom is -0.354 e. The maximum atomic E-state index is 11.5. The van der Waals surface area contributed by atoms with Crippen LogP contribution in [0.4, 0.5) is 0 Å². The Hall–Kier alpha value is -1.31. The lowest BCUT2D eigenvalue weighted by atomic mass is 10.1. The number of hydrogen-bond acceptors (Lipinski definition) is 1. The van der Waals surface area contributed by atoms with Gasteiger partial charge in [0, 0.05) is 12.5 Å². The molecule has 1 rings (SSSR count). The highest BCUT2D eigenvalue weighted by molar-refractivity contribution is 5.76. The van der Waals surface area contributed by atoms with Gasteiger partial charge in [-0.15, -0.1) is 0 Å². The van der Waals surface area contributed by atoms with Crippen molar-refractivity contribution in [3.8, 4) is 0 Å². The molecule has 1 N–H and O–H groups in total. The SMILES string of the molecule is CC[C@@H](C)NC(=O)CCc1ccc(C)cc1. The van der Waals surface area contributed by atoms with E-state index in [2.05, 4.69) is 43.4 Å². The summed E-state index contributed by atoms with van der Waals surface area (Å²) in [6.07, 6.45) is 2.38. The molecule has 0 heterocycles. The van der Waals surface area contributed by atoms with Crippen LogP contribution in [0.2, 0.25) is 0 Å². The third-order valence-electron chi connectivity index (χ3n) is 2.78. The summed E-state index contributed by atoms with van der Waals surface area (Å²) in [7, 11) is 0. The van der Waals surface area contributed by atoms with Gasteiger partial charge in [0.15, 0.2) is 0 Å². The second-order valence-corrected chi connectivity index (χ2v) is 4.36. The summed E-state index contributed by atoms with van der Waals surface area (Å²) < 4.78 is 0. The van der Waals surface area contributed by atoms with Crippen molar-refractivity contribution in [1.29, 1.82) is 0 Å². The van der Waals surface area contributed by atoms with Gasteiger partial charge in [0.25, 0.3) is 0 Å². The first kappa shape index (κ1) is 12.8. The lowest BCUT2D eigenvalue weighted by Gasteiger charge is -2.11. The topological polar surface area (TPSA) is 29.1 Å². The van der Waals surface area contributed by atoms with E-state index in [-0.39, 0.29) is 11.9 Å². The summed E-state index contributed by atoms with van der Waals surface area (Å²) in [4.78, 5) is 11.5. The van der Waals surface area contributed by atoms with Crippen LogP contribution in [0.5, 0.6) is 0 Å². The van der Waals surface area contributed by atoms with Crippen molar-refractivity contribution in [3.05, 3.63) is 35.4 Å². The number of nitrogens with one attached hydrogen (secondary N) is 1. The van der Waals surface area contributed by atoms with Gasteiger partial charge in [0.05, 0.1) is 0 Å². The van der Waals surface area contributed by atoms with Gasteiger partial charge >= 0.3 is 0 Å². The molecule has 0 unspecified atom stereocenters. The molecule has 1 aromatic carbocycles. The van der Waals surface area contributed by atoms with E-state index in [0.717, 1.165) is 12.8 Å². The largest absolute Gasteiger partial charge is 0.354 e. The van der Waals surface area contributed by atoms with E-state index < -0.39 is 0 Å². The van der Waals surface area contributed by atoms with Crippen LogP contribution >= 0.6 is 0 Å². The van der Waals surface area contributed by atoms with Crippen molar-refractivity contribution in [3.63, 3.8) is 0 Å². The van der Waals surface area contributed by atoms with Gasteiger partial charge in [0.2, 0.25) is 5.91 Å². The van der Waals surface area contributed by atoms with Crippen LogP contribution in [0.3, 0.4) is 0 Å². The molecule has 16 heavy (non-hydrogen) atoms. The van der Waals surface area contributed by atoms with E-state index in [1.807, 2.05) is 6.92 Å². The van der Waals surface area contributed by atoms with Crippen molar-refractivity contribution in [1.82, 2.24) is 5.32 Å². The number of rotatable bonds is 5. The van der Waals surface area contributed by atoms with Crippen molar-refractivity contribution in [2.45, 2.75) is 46.1 Å². The number of amides is 1. The van der Waals surface area contributed by atoms with Gasteiger partial charge in [-0.2, -0.15) is 0 Å². The Balaban J connectivity index is 2.34. The number of carbonyl (C=O) groups excluding carboxylic acids is 1. The van der Waals surface area contributed by atoms with Crippen LogP contribution in [0.25, 0.3) is 0 Å². The van der Waals surface area contributed by atoms with E-state index in [9.17, 15) is 4.79 Å². The summed E-state index contributed by atoms with van der Waals surface area (Å²) in [6, 6.07) is 8.63. The first-order valence-corrected chi connectivity index (χ1v) is 5.96. The second kappa shape index (κ2) is 6.31. The number of hydrogen-bond donors (Lipinski definition) is 1. The molecule has 1 amide bonds. The van der Waals surface area contributed by atoms with Crippen LogP contribution in [0, 0.1) is 6.92 Å². The van der Waals surface area contributed by atoms with Gasteiger partial charge in [-0.3, -0.25) is 4.79 Å². The van der Waals surface area contributed by atoms with Gasteiger partial charge in [-0.05, 0) is 32.3 Å². The summed E-state index contributed by atoms with van der Waals surface area (Å²) in [5.41, 5.74) is 2.48. The molecule has 0 saturated carbocycles. The molecule has 0 aliphatic rings. The molecular formula is C14H21NO. The summed E-state index contributed by atoms with van der Waals surface area (Å²) in [5.74, 6) is 0.148. The lowest BCUT2D eigenvalue weighted by Crippen LogP contribution is -2.31. The number of aryl methyl sites for hydroxylation is 2. The van der Waals surface area contributed by atoms with Crippen LogP contribution in [-0.4, -0.2) is 11.9 Å². The predicted molar refractivity (Wildman–Crippen MR) is 67.4 cm³/mol. The van der Waals surface area contributed by atoms with Crippen molar-refractivity contribution in [2.75, 3.05) is 0 Å². The maximum Gasteiger partial charge on any atom is 0.220 e. The van der Waals surface area contributed by atoms with Crippen molar-refractivity contribution < 1.29 is 4.79 Å². The molecule has 1 atom stereocenters. The third kappa shape index (κ3) is 4.47. The van der Waals surface area contributed by atoms with Crippen molar-refractivity contribution in [2.24, 2.45) is 0 Å². The average molecular weight is 219 g/mol. The smallest absolute Gasteiger partial charge is 0.220 e. The predicted octanol–water partition coefficient (Wildman–Crippen LogP) is 2.84. The molecule has 0 aromatic heterocycles. The molecule has 0 radical (unpaired) electrons. The Bertz CT molecular complexity index is 329. The molecule has 0 aliphatic heterocycles. The first-order valence-electron chi connectivity index (χ1n) is 5.96. The van der Waals surface area contributed by atoms with Crippen LogP contribution in [-0.2, 0) is 11.2 Å². The second-order valence-electron chi connectivity index (χ2n) is 4.36. The molecule has 2 nitrogen and oxygen atoms in total. The minimum atomic E-state index is 0.148. The van der Waals surface area contributed by atoms with Crippen LogP contribution in [0.15, 0.2) is 24.3 Å².